The lowest BCUT2D eigenvalue weighted by Crippen LogP contribution is -2.69. The van der Waals surface area contributed by atoms with Gasteiger partial charge >= 0.3 is 0 Å². The van der Waals surface area contributed by atoms with Crippen molar-refractivity contribution in [2.24, 2.45) is 0 Å². The van der Waals surface area contributed by atoms with Gasteiger partial charge in [0.25, 0.3) is 5.91 Å². The summed E-state index contributed by atoms with van der Waals surface area (Å²) >= 11 is 0. The summed E-state index contributed by atoms with van der Waals surface area (Å²) in [6.07, 6.45) is 3.18. The second-order valence-corrected chi connectivity index (χ2v) is 5.61. The van der Waals surface area contributed by atoms with Crippen LogP contribution < -0.4 is 10.2 Å². The number of piperazine rings is 1. The van der Waals surface area contributed by atoms with Crippen molar-refractivity contribution in [3.63, 3.8) is 0 Å². The van der Waals surface area contributed by atoms with Gasteiger partial charge in [0.2, 0.25) is 5.91 Å². The van der Waals surface area contributed by atoms with Gasteiger partial charge in [0.1, 0.15) is 17.4 Å². The Morgan fingerprint density at radius 3 is 2.65 bits per heavy atom. The van der Waals surface area contributed by atoms with Crippen LogP contribution in [0, 0.1) is 5.82 Å². The number of hydrogen-bond acceptors (Lipinski definition) is 2. The van der Waals surface area contributed by atoms with Crippen LogP contribution in [0.4, 0.5) is 10.1 Å². The molecule has 0 bridgehead atoms. The predicted octanol–water partition coefficient (Wildman–Crippen LogP) is 1.99. The van der Waals surface area contributed by atoms with Crippen molar-refractivity contribution in [1.82, 2.24) is 5.32 Å². The lowest BCUT2D eigenvalue weighted by molar-refractivity contribution is -0.137. The summed E-state index contributed by atoms with van der Waals surface area (Å²) in [6.45, 7) is 1.67. The molecule has 1 unspecified atom stereocenters. The number of anilines is 1. The van der Waals surface area contributed by atoms with E-state index in [4.69, 9.17) is 0 Å². The smallest absolute Gasteiger partial charge is 0.253 e. The highest BCUT2D eigenvalue weighted by atomic mass is 19.1. The zero-order chi connectivity index (χ0) is 14.3. The van der Waals surface area contributed by atoms with Gasteiger partial charge in [-0.15, -0.1) is 0 Å². The summed E-state index contributed by atoms with van der Waals surface area (Å²) in [6, 6.07) is 5.23. The highest BCUT2D eigenvalue weighted by molar-refractivity contribution is 6.10. The van der Waals surface area contributed by atoms with E-state index in [1.807, 2.05) is 0 Å². The number of halogens is 1. The molecule has 2 fully saturated rings. The molecular formula is C15H17FN2O2. The first-order chi connectivity index (χ1) is 9.53. The Morgan fingerprint density at radius 1 is 1.30 bits per heavy atom. The summed E-state index contributed by atoms with van der Waals surface area (Å²) in [7, 11) is 0. The van der Waals surface area contributed by atoms with Crippen LogP contribution in [0.25, 0.3) is 0 Å². The van der Waals surface area contributed by atoms with Crippen LogP contribution in [-0.2, 0) is 9.59 Å². The van der Waals surface area contributed by atoms with E-state index in [0.29, 0.717) is 18.5 Å². The first kappa shape index (κ1) is 13.1. The molecule has 20 heavy (non-hydrogen) atoms. The average Bonchev–Trinajstić information content (AvgIpc) is 2.87. The molecule has 3 rings (SSSR count). The summed E-state index contributed by atoms with van der Waals surface area (Å²) in [4.78, 5) is 26.4. The minimum Gasteiger partial charge on any atom is -0.340 e. The Kier molecular flexibility index (Phi) is 3.00. The van der Waals surface area contributed by atoms with E-state index in [1.165, 1.54) is 17.0 Å². The molecule has 2 amide bonds. The number of carbonyl (C=O) groups excluding carboxylic acids is 2. The Bertz CT molecular complexity index is 567. The predicted molar refractivity (Wildman–Crippen MR) is 72.7 cm³/mol. The molecule has 1 aromatic rings. The number of carbonyl (C=O) groups is 2. The van der Waals surface area contributed by atoms with Crippen molar-refractivity contribution in [3.8, 4) is 0 Å². The van der Waals surface area contributed by atoms with Crippen molar-refractivity contribution in [1.29, 1.82) is 0 Å². The first-order valence-corrected chi connectivity index (χ1v) is 6.95. The normalized spacial score (nSPS) is 25.1. The standard InChI is InChI=1S/C15H17FN2O2/c1-10-13(19)17-15(7-2-3-8-15)14(20)18(10)12-6-4-5-11(16)9-12/h4-6,9-10H,2-3,7-8H2,1H3,(H,17,19). The Balaban J connectivity index is 2.03. The second kappa shape index (κ2) is 4.58. The molecule has 4 nitrogen and oxygen atoms in total. The van der Waals surface area contributed by atoms with Crippen molar-refractivity contribution in [2.45, 2.75) is 44.2 Å². The van der Waals surface area contributed by atoms with Gasteiger partial charge in [0, 0.05) is 5.69 Å². The molecule has 1 N–H and O–H groups in total. The van der Waals surface area contributed by atoms with E-state index in [2.05, 4.69) is 5.32 Å². The van der Waals surface area contributed by atoms with Gasteiger partial charge in [-0.25, -0.2) is 4.39 Å². The number of rotatable bonds is 1. The van der Waals surface area contributed by atoms with Crippen molar-refractivity contribution in [2.75, 3.05) is 4.90 Å². The molecule has 5 heteroatoms. The molecule has 0 aromatic heterocycles. The molecular weight excluding hydrogens is 259 g/mol. The van der Waals surface area contributed by atoms with Crippen molar-refractivity contribution >= 4 is 17.5 Å². The van der Waals surface area contributed by atoms with Crippen LogP contribution in [0.5, 0.6) is 0 Å². The monoisotopic (exact) mass is 276 g/mol. The molecule has 1 atom stereocenters. The van der Waals surface area contributed by atoms with Crippen LogP contribution in [0.3, 0.4) is 0 Å². The highest BCUT2D eigenvalue weighted by Crippen LogP contribution is 2.36. The Morgan fingerprint density at radius 2 is 2.00 bits per heavy atom. The number of amides is 2. The third-order valence-corrected chi connectivity index (χ3v) is 4.30. The maximum absolute atomic E-state index is 13.4. The number of benzene rings is 1. The molecule has 1 aromatic carbocycles. The number of nitrogens with zero attached hydrogens (tertiary/aromatic N) is 1. The summed E-state index contributed by atoms with van der Waals surface area (Å²) in [5.74, 6) is -0.697. The van der Waals surface area contributed by atoms with Gasteiger partial charge in [-0.3, -0.25) is 14.5 Å². The van der Waals surface area contributed by atoms with Crippen molar-refractivity contribution < 1.29 is 14.0 Å². The minimum atomic E-state index is -0.782. The minimum absolute atomic E-state index is 0.118. The van der Waals surface area contributed by atoms with Gasteiger partial charge in [0.15, 0.2) is 0 Å². The molecule has 1 spiro atoms. The molecule has 1 heterocycles. The van der Waals surface area contributed by atoms with Gasteiger partial charge in [-0.2, -0.15) is 0 Å². The van der Waals surface area contributed by atoms with E-state index in [9.17, 15) is 14.0 Å². The van der Waals surface area contributed by atoms with Gasteiger partial charge in [-0.1, -0.05) is 18.9 Å². The van der Waals surface area contributed by atoms with Gasteiger partial charge in [-0.05, 0) is 38.0 Å². The second-order valence-electron chi connectivity index (χ2n) is 5.61. The fourth-order valence-corrected chi connectivity index (χ4v) is 3.20. The zero-order valence-corrected chi connectivity index (χ0v) is 11.4. The fourth-order valence-electron chi connectivity index (χ4n) is 3.20. The quantitative estimate of drug-likeness (QED) is 0.852. The summed E-state index contributed by atoms with van der Waals surface area (Å²) < 4.78 is 13.4. The zero-order valence-electron chi connectivity index (χ0n) is 11.4. The molecule has 1 aliphatic heterocycles. The Labute approximate surface area is 117 Å². The summed E-state index contributed by atoms with van der Waals surface area (Å²) in [5.41, 5.74) is -0.334. The number of hydrogen-bond donors (Lipinski definition) is 1. The van der Waals surface area contributed by atoms with Crippen LogP contribution in [-0.4, -0.2) is 23.4 Å². The van der Waals surface area contributed by atoms with E-state index < -0.39 is 17.4 Å². The molecule has 106 valence electrons. The topological polar surface area (TPSA) is 49.4 Å². The van der Waals surface area contributed by atoms with Crippen LogP contribution in [0.2, 0.25) is 0 Å². The maximum Gasteiger partial charge on any atom is 0.253 e. The molecule has 1 aliphatic carbocycles. The van der Waals surface area contributed by atoms with Crippen LogP contribution in [0.1, 0.15) is 32.6 Å². The van der Waals surface area contributed by atoms with E-state index in [0.717, 1.165) is 12.8 Å². The highest BCUT2D eigenvalue weighted by Gasteiger charge is 2.51. The van der Waals surface area contributed by atoms with Gasteiger partial charge in [0.05, 0.1) is 0 Å². The SMILES string of the molecule is CC1C(=O)NC2(CCCC2)C(=O)N1c1cccc(F)c1. The Hall–Kier alpha value is -1.91. The maximum atomic E-state index is 13.4. The van der Waals surface area contributed by atoms with Crippen LogP contribution >= 0.6 is 0 Å². The lowest BCUT2D eigenvalue weighted by Gasteiger charge is -2.43. The van der Waals surface area contributed by atoms with Gasteiger partial charge < -0.3 is 5.32 Å². The molecule has 0 radical (unpaired) electrons. The number of nitrogens with one attached hydrogen (secondary N) is 1. The van der Waals surface area contributed by atoms with Crippen molar-refractivity contribution in [3.05, 3.63) is 30.1 Å². The molecule has 1 saturated heterocycles. The summed E-state index contributed by atoms with van der Waals surface area (Å²) in [5, 5.41) is 2.88. The van der Waals surface area contributed by atoms with E-state index >= 15 is 0 Å². The first-order valence-electron chi connectivity index (χ1n) is 6.95. The third kappa shape index (κ3) is 1.88. The average molecular weight is 276 g/mol. The van der Waals surface area contributed by atoms with E-state index in [1.54, 1.807) is 19.1 Å². The van der Waals surface area contributed by atoms with E-state index in [-0.39, 0.29) is 11.8 Å². The third-order valence-electron chi connectivity index (χ3n) is 4.30. The van der Waals surface area contributed by atoms with Crippen LogP contribution in [0.15, 0.2) is 24.3 Å². The molecule has 2 aliphatic rings. The largest absolute Gasteiger partial charge is 0.340 e. The molecule has 1 saturated carbocycles. The lowest BCUT2D eigenvalue weighted by atomic mass is 9.90. The fraction of sp³-hybridized carbons (Fsp3) is 0.467.